The molecule has 2 aromatic carbocycles. The van der Waals surface area contributed by atoms with E-state index in [1.54, 1.807) is 43.6 Å². The molecule has 2 N–H and O–H groups in total. The Hall–Kier alpha value is -2.76. The number of nitrogens with zero attached hydrogens (tertiary/aromatic N) is 2. The fourth-order valence-electron chi connectivity index (χ4n) is 2.71. The monoisotopic (exact) mass is 415 g/mol. The molecule has 28 heavy (non-hydrogen) atoms. The highest BCUT2D eigenvalue weighted by Gasteiger charge is 2.09. The summed E-state index contributed by atoms with van der Waals surface area (Å²) < 4.78 is 7.22. The minimum Gasteiger partial charge on any atom is -0.489 e. The van der Waals surface area contributed by atoms with Gasteiger partial charge in [0.25, 0.3) is 5.56 Å². The Kier molecular flexibility index (Phi) is 6.07. The lowest BCUT2D eigenvalue weighted by Gasteiger charge is -2.12. The number of nitrogens with two attached hydrogens (primary N) is 1. The molecule has 0 spiro atoms. The number of hydrogen-bond donors (Lipinski definition) is 1. The van der Waals surface area contributed by atoms with E-state index in [0.29, 0.717) is 27.2 Å². The van der Waals surface area contributed by atoms with Gasteiger partial charge in [-0.3, -0.25) is 14.4 Å². The summed E-state index contributed by atoms with van der Waals surface area (Å²) in [6.07, 6.45) is 1.66. The fourth-order valence-corrected chi connectivity index (χ4v) is 3.09. The normalized spacial score (nSPS) is 11.5. The lowest BCUT2D eigenvalue weighted by atomic mass is 10.1. The van der Waals surface area contributed by atoms with Crippen molar-refractivity contribution in [3.63, 3.8) is 0 Å². The number of anilines is 1. The van der Waals surface area contributed by atoms with Gasteiger partial charge < -0.3 is 10.5 Å². The van der Waals surface area contributed by atoms with E-state index in [-0.39, 0.29) is 12.2 Å². The molecule has 0 saturated heterocycles. The molecule has 0 fully saturated rings. The molecule has 1 heterocycles. The number of benzene rings is 2. The van der Waals surface area contributed by atoms with Crippen LogP contribution in [0.15, 0.2) is 64.5 Å². The number of halogens is 2. The number of aromatic nitrogens is 1. The molecule has 0 aliphatic rings. The van der Waals surface area contributed by atoms with Crippen LogP contribution in [0, 0.1) is 0 Å². The summed E-state index contributed by atoms with van der Waals surface area (Å²) >= 11 is 12.2. The Balaban J connectivity index is 1.85. The van der Waals surface area contributed by atoms with E-state index in [9.17, 15) is 4.79 Å². The van der Waals surface area contributed by atoms with Gasteiger partial charge in [0.05, 0.1) is 10.0 Å². The van der Waals surface area contributed by atoms with Crippen molar-refractivity contribution < 1.29 is 4.74 Å². The molecular formula is C21H19Cl2N3O2. The molecule has 5 nitrogen and oxygen atoms in total. The van der Waals surface area contributed by atoms with Crippen LogP contribution in [0.2, 0.25) is 10.0 Å². The topological polar surface area (TPSA) is 69.6 Å². The SMILES string of the molecule is CN=C(C)c1cc(-n2ccc(OCc3cccc(Cl)c3Cl)cc2=O)ccc1N. The molecule has 0 unspecified atom stereocenters. The van der Waals surface area contributed by atoms with Crippen molar-refractivity contribution in [1.82, 2.24) is 4.57 Å². The van der Waals surface area contributed by atoms with Gasteiger partial charge in [-0.1, -0.05) is 35.3 Å². The van der Waals surface area contributed by atoms with Gasteiger partial charge in [-0.15, -0.1) is 0 Å². The highest BCUT2D eigenvalue weighted by molar-refractivity contribution is 6.42. The van der Waals surface area contributed by atoms with Crippen molar-refractivity contribution in [3.05, 3.63) is 86.3 Å². The second-order valence-electron chi connectivity index (χ2n) is 6.15. The standard InChI is InChI=1S/C21H19Cl2N3O2/c1-13(25-2)17-10-15(6-7-19(17)24)26-9-8-16(11-20(26)27)28-12-14-4-3-5-18(22)21(14)23/h3-11H,12,24H2,1-2H3. The number of pyridine rings is 1. The van der Waals surface area contributed by atoms with Crippen molar-refractivity contribution in [2.45, 2.75) is 13.5 Å². The predicted octanol–water partition coefficient (Wildman–Crippen LogP) is 4.74. The van der Waals surface area contributed by atoms with Crippen molar-refractivity contribution in [2.24, 2.45) is 4.99 Å². The van der Waals surface area contributed by atoms with Gasteiger partial charge in [-0.05, 0) is 37.3 Å². The molecule has 0 saturated carbocycles. The number of aliphatic imine (C=N–C) groups is 1. The largest absolute Gasteiger partial charge is 0.489 e. The summed E-state index contributed by atoms with van der Waals surface area (Å²) in [6, 6.07) is 13.9. The van der Waals surface area contributed by atoms with Gasteiger partial charge >= 0.3 is 0 Å². The molecule has 0 aliphatic carbocycles. The molecule has 3 aromatic rings. The van der Waals surface area contributed by atoms with Gasteiger partial charge in [0.2, 0.25) is 0 Å². The van der Waals surface area contributed by atoms with Crippen LogP contribution in [-0.4, -0.2) is 17.3 Å². The molecule has 0 radical (unpaired) electrons. The van der Waals surface area contributed by atoms with Gasteiger partial charge in [0, 0.05) is 47.5 Å². The van der Waals surface area contributed by atoms with E-state index in [1.165, 1.54) is 10.6 Å². The first-order valence-corrected chi connectivity index (χ1v) is 9.28. The van der Waals surface area contributed by atoms with Crippen LogP contribution in [0.1, 0.15) is 18.1 Å². The van der Waals surface area contributed by atoms with E-state index in [1.807, 2.05) is 19.1 Å². The summed E-state index contributed by atoms with van der Waals surface area (Å²) in [5, 5.41) is 0.906. The third kappa shape index (κ3) is 4.21. The number of hydrogen-bond acceptors (Lipinski definition) is 4. The molecule has 3 rings (SSSR count). The van der Waals surface area contributed by atoms with Gasteiger partial charge in [-0.25, -0.2) is 0 Å². The zero-order valence-corrected chi connectivity index (χ0v) is 17.0. The summed E-state index contributed by atoms with van der Waals surface area (Å²) in [7, 11) is 1.70. The maximum Gasteiger partial charge on any atom is 0.258 e. The third-order valence-electron chi connectivity index (χ3n) is 4.36. The lowest BCUT2D eigenvalue weighted by molar-refractivity contribution is 0.305. The molecule has 0 aliphatic heterocycles. The maximum atomic E-state index is 12.6. The minimum absolute atomic E-state index is 0.209. The summed E-state index contributed by atoms with van der Waals surface area (Å²) in [5.74, 6) is 0.444. The number of ether oxygens (including phenoxy) is 1. The van der Waals surface area contributed by atoms with Crippen LogP contribution in [0.25, 0.3) is 5.69 Å². The zero-order chi connectivity index (χ0) is 20.3. The average molecular weight is 416 g/mol. The van der Waals surface area contributed by atoms with Crippen molar-refractivity contribution in [3.8, 4) is 11.4 Å². The number of nitrogen functional groups attached to an aromatic ring is 1. The second-order valence-corrected chi connectivity index (χ2v) is 6.94. The molecule has 0 amide bonds. The van der Waals surface area contributed by atoms with Gasteiger partial charge in [0.1, 0.15) is 12.4 Å². The van der Waals surface area contributed by atoms with Crippen LogP contribution in [0.3, 0.4) is 0 Å². The van der Waals surface area contributed by atoms with Crippen LogP contribution < -0.4 is 16.0 Å². The zero-order valence-electron chi connectivity index (χ0n) is 15.4. The Bertz CT molecular complexity index is 1110. The molecular weight excluding hydrogens is 397 g/mol. The van der Waals surface area contributed by atoms with E-state index in [0.717, 1.165) is 16.8 Å². The maximum absolute atomic E-state index is 12.6. The quantitative estimate of drug-likeness (QED) is 0.482. The molecule has 7 heteroatoms. The Morgan fingerprint density at radius 3 is 2.68 bits per heavy atom. The van der Waals surface area contributed by atoms with E-state index in [2.05, 4.69) is 4.99 Å². The van der Waals surface area contributed by atoms with Gasteiger partial charge in [-0.2, -0.15) is 0 Å². The van der Waals surface area contributed by atoms with Gasteiger partial charge in [0.15, 0.2) is 0 Å². The highest BCUT2D eigenvalue weighted by Crippen LogP contribution is 2.26. The van der Waals surface area contributed by atoms with Crippen LogP contribution in [0.4, 0.5) is 5.69 Å². The second kappa shape index (κ2) is 8.50. The third-order valence-corrected chi connectivity index (χ3v) is 5.22. The van der Waals surface area contributed by atoms with E-state index >= 15 is 0 Å². The fraction of sp³-hybridized carbons (Fsp3) is 0.143. The molecule has 0 bridgehead atoms. The first kappa shape index (κ1) is 20.0. The summed E-state index contributed by atoms with van der Waals surface area (Å²) in [6.45, 7) is 2.08. The molecule has 144 valence electrons. The highest BCUT2D eigenvalue weighted by atomic mass is 35.5. The Morgan fingerprint density at radius 2 is 1.96 bits per heavy atom. The summed E-state index contributed by atoms with van der Waals surface area (Å²) in [4.78, 5) is 16.7. The first-order valence-electron chi connectivity index (χ1n) is 8.52. The van der Waals surface area contributed by atoms with Crippen LogP contribution in [-0.2, 0) is 6.61 Å². The van der Waals surface area contributed by atoms with Crippen molar-refractivity contribution >= 4 is 34.6 Å². The lowest BCUT2D eigenvalue weighted by Crippen LogP contribution is -2.17. The Morgan fingerprint density at radius 1 is 1.18 bits per heavy atom. The van der Waals surface area contributed by atoms with E-state index < -0.39 is 0 Å². The Labute approximate surface area is 173 Å². The number of rotatable bonds is 5. The van der Waals surface area contributed by atoms with Crippen LogP contribution in [0.5, 0.6) is 5.75 Å². The molecule has 0 atom stereocenters. The first-order chi connectivity index (χ1) is 13.4. The minimum atomic E-state index is -0.225. The predicted molar refractivity (Wildman–Crippen MR) is 115 cm³/mol. The molecule has 1 aromatic heterocycles. The smallest absolute Gasteiger partial charge is 0.258 e. The average Bonchev–Trinajstić information content (AvgIpc) is 2.69. The van der Waals surface area contributed by atoms with Crippen molar-refractivity contribution in [2.75, 3.05) is 12.8 Å². The van der Waals surface area contributed by atoms with Crippen LogP contribution >= 0.6 is 23.2 Å². The van der Waals surface area contributed by atoms with E-state index in [4.69, 9.17) is 33.7 Å². The summed E-state index contributed by atoms with van der Waals surface area (Å²) in [5.41, 5.74) is 9.43. The van der Waals surface area contributed by atoms with Crippen molar-refractivity contribution in [1.29, 1.82) is 0 Å².